The third-order valence-corrected chi connectivity index (χ3v) is 5.70. The maximum atomic E-state index is 12.8. The van der Waals surface area contributed by atoms with Crippen molar-refractivity contribution >= 4 is 15.8 Å². The molecule has 2 N–H and O–H groups in total. The van der Waals surface area contributed by atoms with E-state index in [9.17, 15) is 13.2 Å². The second-order valence-electron chi connectivity index (χ2n) is 5.84. The number of nitrogens with one attached hydrogen (secondary N) is 2. The molecule has 24 heavy (non-hydrogen) atoms. The van der Waals surface area contributed by atoms with Crippen LogP contribution in [0, 0.1) is 0 Å². The Hall–Kier alpha value is -2.02. The van der Waals surface area contributed by atoms with Gasteiger partial charge in [-0.15, -0.1) is 0 Å². The maximum Gasteiger partial charge on any atom is 0.241 e. The SMILES string of the molecule is O=C(c1ccccc1)c1ccccc1S(=O)(=O)NC1CCNCC1. The first-order valence-corrected chi connectivity index (χ1v) is 9.48. The van der Waals surface area contributed by atoms with Crippen molar-refractivity contribution in [3.05, 3.63) is 65.7 Å². The van der Waals surface area contributed by atoms with Gasteiger partial charge in [0, 0.05) is 17.2 Å². The smallest absolute Gasteiger partial charge is 0.241 e. The molecule has 2 aromatic rings. The highest BCUT2D eigenvalue weighted by Crippen LogP contribution is 2.20. The van der Waals surface area contributed by atoms with Gasteiger partial charge in [-0.3, -0.25) is 4.79 Å². The van der Waals surface area contributed by atoms with Gasteiger partial charge in [0.2, 0.25) is 10.0 Å². The van der Waals surface area contributed by atoms with Crippen LogP contribution in [-0.2, 0) is 10.0 Å². The Bertz CT molecular complexity index is 813. The number of hydrogen-bond acceptors (Lipinski definition) is 4. The molecule has 1 aliphatic heterocycles. The first-order chi connectivity index (χ1) is 11.6. The van der Waals surface area contributed by atoms with E-state index in [4.69, 9.17) is 0 Å². The highest BCUT2D eigenvalue weighted by Gasteiger charge is 2.26. The molecule has 126 valence electrons. The van der Waals surface area contributed by atoms with Gasteiger partial charge >= 0.3 is 0 Å². The number of benzene rings is 2. The molecule has 0 bridgehead atoms. The molecule has 1 fully saturated rings. The molecule has 0 atom stereocenters. The van der Waals surface area contributed by atoms with Crippen LogP contribution in [0.5, 0.6) is 0 Å². The van der Waals surface area contributed by atoms with Crippen LogP contribution in [0.1, 0.15) is 28.8 Å². The molecule has 6 heteroatoms. The average molecular weight is 344 g/mol. The van der Waals surface area contributed by atoms with Crippen LogP contribution >= 0.6 is 0 Å². The molecule has 1 heterocycles. The van der Waals surface area contributed by atoms with Crippen molar-refractivity contribution in [2.24, 2.45) is 0 Å². The van der Waals surface area contributed by atoms with E-state index in [1.807, 2.05) is 6.07 Å². The molecule has 0 aliphatic carbocycles. The van der Waals surface area contributed by atoms with Gasteiger partial charge in [-0.1, -0.05) is 42.5 Å². The van der Waals surface area contributed by atoms with Crippen molar-refractivity contribution in [3.8, 4) is 0 Å². The lowest BCUT2D eigenvalue weighted by Crippen LogP contribution is -2.42. The Morgan fingerprint density at radius 1 is 0.958 bits per heavy atom. The molecule has 0 saturated carbocycles. The van der Waals surface area contributed by atoms with Gasteiger partial charge in [-0.25, -0.2) is 13.1 Å². The van der Waals surface area contributed by atoms with Gasteiger partial charge in [-0.05, 0) is 38.1 Å². The van der Waals surface area contributed by atoms with E-state index >= 15 is 0 Å². The average Bonchev–Trinajstić information content (AvgIpc) is 2.62. The summed E-state index contributed by atoms with van der Waals surface area (Å²) in [7, 11) is -3.74. The first-order valence-electron chi connectivity index (χ1n) is 8.00. The van der Waals surface area contributed by atoms with Gasteiger partial charge < -0.3 is 5.32 Å². The molecule has 0 radical (unpaired) electrons. The number of rotatable bonds is 5. The van der Waals surface area contributed by atoms with Crippen molar-refractivity contribution < 1.29 is 13.2 Å². The third-order valence-electron chi connectivity index (χ3n) is 4.12. The predicted molar refractivity (Wildman–Crippen MR) is 92.5 cm³/mol. The second kappa shape index (κ2) is 7.25. The third kappa shape index (κ3) is 3.72. The zero-order chi connectivity index (χ0) is 17.0. The fourth-order valence-electron chi connectivity index (χ4n) is 2.86. The monoisotopic (exact) mass is 344 g/mol. The van der Waals surface area contributed by atoms with Crippen LogP contribution in [0.4, 0.5) is 0 Å². The number of sulfonamides is 1. The van der Waals surface area contributed by atoms with Gasteiger partial charge in [0.25, 0.3) is 0 Å². The van der Waals surface area contributed by atoms with Crippen LogP contribution in [0.25, 0.3) is 0 Å². The Balaban J connectivity index is 1.92. The van der Waals surface area contributed by atoms with Gasteiger partial charge in [0.05, 0.1) is 4.90 Å². The summed E-state index contributed by atoms with van der Waals surface area (Å²) in [5.41, 5.74) is 0.673. The quantitative estimate of drug-likeness (QED) is 0.813. The van der Waals surface area contributed by atoms with E-state index in [0.717, 1.165) is 25.9 Å². The number of ketones is 1. The van der Waals surface area contributed by atoms with Gasteiger partial charge in [0.15, 0.2) is 5.78 Å². The molecule has 1 aliphatic rings. The molecule has 0 spiro atoms. The highest BCUT2D eigenvalue weighted by molar-refractivity contribution is 7.89. The minimum atomic E-state index is -3.74. The largest absolute Gasteiger partial charge is 0.317 e. The molecular weight excluding hydrogens is 324 g/mol. The Morgan fingerprint density at radius 3 is 2.29 bits per heavy atom. The van der Waals surface area contributed by atoms with Crippen molar-refractivity contribution in [2.75, 3.05) is 13.1 Å². The van der Waals surface area contributed by atoms with Gasteiger partial charge in [-0.2, -0.15) is 0 Å². The van der Waals surface area contributed by atoms with E-state index in [1.54, 1.807) is 42.5 Å². The van der Waals surface area contributed by atoms with Crippen LogP contribution < -0.4 is 10.0 Å². The van der Waals surface area contributed by atoms with Gasteiger partial charge in [0.1, 0.15) is 0 Å². The molecule has 0 unspecified atom stereocenters. The fourth-order valence-corrected chi connectivity index (χ4v) is 4.37. The van der Waals surface area contributed by atoms with E-state index in [0.29, 0.717) is 5.56 Å². The molecule has 0 amide bonds. The highest BCUT2D eigenvalue weighted by atomic mass is 32.2. The fraction of sp³-hybridized carbons (Fsp3) is 0.278. The van der Waals surface area contributed by atoms with E-state index in [1.165, 1.54) is 6.07 Å². The summed E-state index contributed by atoms with van der Waals surface area (Å²) in [6.07, 6.45) is 1.49. The van der Waals surface area contributed by atoms with Crippen LogP contribution in [0.15, 0.2) is 59.5 Å². The van der Waals surface area contributed by atoms with Crippen molar-refractivity contribution in [1.82, 2.24) is 10.0 Å². The van der Waals surface area contributed by atoms with Crippen LogP contribution in [0.2, 0.25) is 0 Å². The predicted octanol–water partition coefficient (Wildman–Crippen LogP) is 1.95. The van der Waals surface area contributed by atoms with Crippen molar-refractivity contribution in [3.63, 3.8) is 0 Å². The lowest BCUT2D eigenvalue weighted by molar-refractivity contribution is 0.103. The van der Waals surface area contributed by atoms with Crippen molar-refractivity contribution in [2.45, 2.75) is 23.8 Å². The summed E-state index contributed by atoms with van der Waals surface area (Å²) < 4.78 is 28.3. The molecule has 1 saturated heterocycles. The minimum Gasteiger partial charge on any atom is -0.317 e. The summed E-state index contributed by atoms with van der Waals surface area (Å²) in [5, 5.41) is 3.20. The summed E-state index contributed by atoms with van der Waals surface area (Å²) in [5.74, 6) is -0.290. The number of hydrogen-bond donors (Lipinski definition) is 2. The molecule has 2 aromatic carbocycles. The Morgan fingerprint density at radius 2 is 1.58 bits per heavy atom. The topological polar surface area (TPSA) is 75.3 Å². The molecule has 3 rings (SSSR count). The van der Waals surface area contributed by atoms with Crippen LogP contribution in [0.3, 0.4) is 0 Å². The Kier molecular flexibility index (Phi) is 5.08. The van der Waals surface area contributed by atoms with Crippen molar-refractivity contribution in [1.29, 1.82) is 0 Å². The lowest BCUT2D eigenvalue weighted by atomic mass is 10.0. The van der Waals surface area contributed by atoms with E-state index in [-0.39, 0.29) is 22.3 Å². The zero-order valence-electron chi connectivity index (χ0n) is 13.2. The minimum absolute atomic E-state index is 0.0392. The van der Waals surface area contributed by atoms with Crippen LogP contribution in [-0.4, -0.2) is 33.3 Å². The summed E-state index contributed by atoms with van der Waals surface area (Å²) in [6, 6.07) is 15.0. The summed E-state index contributed by atoms with van der Waals surface area (Å²) in [6.45, 7) is 1.58. The second-order valence-corrected chi connectivity index (χ2v) is 7.52. The van der Waals surface area contributed by atoms with E-state index in [2.05, 4.69) is 10.0 Å². The zero-order valence-corrected chi connectivity index (χ0v) is 14.1. The molecule has 5 nitrogen and oxygen atoms in total. The Labute approximate surface area is 142 Å². The number of carbonyl (C=O) groups excluding carboxylic acids is 1. The summed E-state index contributed by atoms with van der Waals surface area (Å²) in [4.78, 5) is 12.7. The normalized spacial score (nSPS) is 16.0. The summed E-state index contributed by atoms with van der Waals surface area (Å²) >= 11 is 0. The number of carbonyl (C=O) groups is 1. The standard InChI is InChI=1S/C18H20N2O3S/c21-18(14-6-2-1-3-7-14)16-8-4-5-9-17(16)24(22,23)20-15-10-12-19-13-11-15/h1-9,15,19-20H,10-13H2. The molecular formula is C18H20N2O3S. The maximum absolute atomic E-state index is 12.8. The first kappa shape index (κ1) is 16.8. The number of piperidine rings is 1. The molecule has 0 aromatic heterocycles. The van der Waals surface area contributed by atoms with E-state index < -0.39 is 10.0 Å². The lowest BCUT2D eigenvalue weighted by Gasteiger charge is -2.24.